The van der Waals surface area contributed by atoms with Crippen LogP contribution < -0.4 is 9.64 Å². The fourth-order valence-corrected chi connectivity index (χ4v) is 2.79. The Morgan fingerprint density at radius 2 is 1.70 bits per heavy atom. The van der Waals surface area contributed by atoms with Crippen molar-refractivity contribution in [2.75, 3.05) is 18.2 Å². The van der Waals surface area contributed by atoms with E-state index in [0.29, 0.717) is 6.73 Å². The van der Waals surface area contributed by atoms with Gasteiger partial charge in [-0.1, -0.05) is 50.2 Å². The van der Waals surface area contributed by atoms with Gasteiger partial charge in [0.2, 0.25) is 0 Å². The quantitative estimate of drug-likeness (QED) is 0.826. The minimum absolute atomic E-state index is 0.250. The minimum Gasteiger partial charge on any atom is -0.473 e. The maximum Gasteiger partial charge on any atom is 0.161 e. The molecule has 0 aliphatic carbocycles. The van der Waals surface area contributed by atoms with Gasteiger partial charge in [0.05, 0.1) is 0 Å². The molecule has 2 nitrogen and oxygen atoms in total. The summed E-state index contributed by atoms with van der Waals surface area (Å²) >= 11 is 0. The summed E-state index contributed by atoms with van der Waals surface area (Å²) in [5.41, 5.74) is 2.97. The van der Waals surface area contributed by atoms with Crippen LogP contribution in [0.1, 0.15) is 25.8 Å². The Labute approximate surface area is 121 Å². The number of rotatable bonds is 3. The van der Waals surface area contributed by atoms with Gasteiger partial charge in [-0.25, -0.2) is 0 Å². The molecule has 0 atom stereocenters. The van der Waals surface area contributed by atoms with Crippen LogP contribution >= 0.6 is 0 Å². The Morgan fingerprint density at radius 1 is 1.00 bits per heavy atom. The van der Waals surface area contributed by atoms with Gasteiger partial charge < -0.3 is 9.64 Å². The van der Waals surface area contributed by atoms with Gasteiger partial charge in [0.25, 0.3) is 0 Å². The molecule has 1 heterocycles. The molecule has 2 aromatic carbocycles. The zero-order valence-corrected chi connectivity index (χ0v) is 12.2. The lowest BCUT2D eigenvalue weighted by Gasteiger charge is -2.39. The molecule has 104 valence electrons. The molecule has 0 saturated carbocycles. The highest BCUT2D eigenvalue weighted by Crippen LogP contribution is 2.39. The van der Waals surface area contributed by atoms with Crippen LogP contribution in [0.3, 0.4) is 0 Å². The van der Waals surface area contributed by atoms with Crippen molar-refractivity contribution in [1.29, 1.82) is 0 Å². The third kappa shape index (κ3) is 2.51. The van der Waals surface area contributed by atoms with E-state index in [-0.39, 0.29) is 5.41 Å². The summed E-state index contributed by atoms with van der Waals surface area (Å²) in [6.07, 6.45) is 1.15. The third-order valence-electron chi connectivity index (χ3n) is 4.11. The van der Waals surface area contributed by atoms with Gasteiger partial charge >= 0.3 is 0 Å². The molecule has 0 saturated heterocycles. The highest BCUT2D eigenvalue weighted by molar-refractivity contribution is 5.58. The van der Waals surface area contributed by atoms with Gasteiger partial charge in [-0.15, -0.1) is 0 Å². The predicted molar refractivity (Wildman–Crippen MR) is 83.4 cm³/mol. The molecule has 1 aliphatic heterocycles. The number of fused-ring (bicyclic) bond motifs is 1. The number of hydrogen-bond donors (Lipinski definition) is 0. The Hall–Kier alpha value is -1.96. The lowest BCUT2D eigenvalue weighted by Crippen LogP contribution is -2.39. The summed E-state index contributed by atoms with van der Waals surface area (Å²) < 4.78 is 5.90. The number of benzene rings is 2. The van der Waals surface area contributed by atoms with Crippen LogP contribution in [0.2, 0.25) is 0 Å². The van der Waals surface area contributed by atoms with E-state index in [1.807, 2.05) is 30.3 Å². The number of para-hydroxylation sites is 2. The molecule has 0 aromatic heterocycles. The lowest BCUT2D eigenvalue weighted by atomic mass is 9.78. The van der Waals surface area contributed by atoms with Crippen molar-refractivity contribution >= 4 is 5.69 Å². The van der Waals surface area contributed by atoms with E-state index < -0.39 is 0 Å². The molecule has 0 fully saturated rings. The first kappa shape index (κ1) is 13.0. The van der Waals surface area contributed by atoms with Crippen molar-refractivity contribution < 1.29 is 4.74 Å². The van der Waals surface area contributed by atoms with Crippen molar-refractivity contribution in [3.05, 3.63) is 60.2 Å². The van der Waals surface area contributed by atoms with E-state index in [9.17, 15) is 0 Å². The largest absolute Gasteiger partial charge is 0.473 e. The first-order chi connectivity index (χ1) is 9.67. The first-order valence-corrected chi connectivity index (χ1v) is 7.19. The Morgan fingerprint density at radius 3 is 2.50 bits per heavy atom. The molecule has 0 radical (unpaired) electrons. The van der Waals surface area contributed by atoms with E-state index >= 15 is 0 Å². The van der Waals surface area contributed by atoms with Crippen molar-refractivity contribution in [1.82, 2.24) is 0 Å². The summed E-state index contributed by atoms with van der Waals surface area (Å²) in [7, 11) is 0. The van der Waals surface area contributed by atoms with Gasteiger partial charge in [-0.3, -0.25) is 0 Å². The fourth-order valence-electron chi connectivity index (χ4n) is 2.79. The number of nitrogens with zero attached hydrogens (tertiary/aromatic N) is 1. The summed E-state index contributed by atoms with van der Waals surface area (Å²) in [6, 6.07) is 18.7. The van der Waals surface area contributed by atoms with Gasteiger partial charge in [-0.2, -0.15) is 0 Å². The molecule has 0 amide bonds. The van der Waals surface area contributed by atoms with Gasteiger partial charge in [0.15, 0.2) is 6.73 Å². The lowest BCUT2D eigenvalue weighted by molar-refractivity contribution is 0.299. The molecule has 1 aliphatic rings. The molecule has 3 rings (SSSR count). The molecule has 0 unspecified atom stereocenters. The van der Waals surface area contributed by atoms with Crippen LogP contribution in [-0.2, 0) is 5.41 Å². The highest BCUT2D eigenvalue weighted by atomic mass is 16.5. The molecule has 2 aromatic rings. The average Bonchev–Trinajstić information content (AvgIpc) is 2.48. The second kappa shape index (κ2) is 5.20. The third-order valence-corrected chi connectivity index (χ3v) is 4.11. The van der Waals surface area contributed by atoms with E-state index in [1.54, 1.807) is 0 Å². The Balaban J connectivity index is 1.79. The van der Waals surface area contributed by atoms with Crippen LogP contribution in [0.15, 0.2) is 54.6 Å². The maximum absolute atomic E-state index is 5.90. The maximum atomic E-state index is 5.90. The summed E-state index contributed by atoms with van der Waals surface area (Å²) in [5, 5.41) is 0. The summed E-state index contributed by atoms with van der Waals surface area (Å²) in [6.45, 7) is 6.29. The SMILES string of the molecule is CC1(C)CCN(COc2ccccc2)c2ccccc21. The molecule has 0 N–H and O–H groups in total. The zero-order valence-electron chi connectivity index (χ0n) is 12.2. The van der Waals surface area contributed by atoms with Crippen LogP contribution in [-0.4, -0.2) is 13.3 Å². The first-order valence-electron chi connectivity index (χ1n) is 7.19. The predicted octanol–water partition coefficient (Wildman–Crippen LogP) is 4.21. The monoisotopic (exact) mass is 267 g/mol. The number of hydrogen-bond acceptors (Lipinski definition) is 2. The van der Waals surface area contributed by atoms with Gasteiger partial charge in [0.1, 0.15) is 5.75 Å². The van der Waals surface area contributed by atoms with Crippen molar-refractivity contribution in [3.8, 4) is 5.75 Å². The van der Waals surface area contributed by atoms with E-state index in [4.69, 9.17) is 4.74 Å². The normalized spacial score (nSPS) is 16.6. The minimum atomic E-state index is 0.250. The van der Waals surface area contributed by atoms with Crippen molar-refractivity contribution in [3.63, 3.8) is 0 Å². The Bertz CT molecular complexity index is 577. The zero-order chi connectivity index (χ0) is 14.0. The van der Waals surface area contributed by atoms with Crippen LogP contribution in [0.4, 0.5) is 5.69 Å². The number of ether oxygens (including phenoxy) is 1. The highest BCUT2D eigenvalue weighted by Gasteiger charge is 2.30. The molecule has 20 heavy (non-hydrogen) atoms. The van der Waals surface area contributed by atoms with Crippen LogP contribution in [0, 0.1) is 0 Å². The second-order valence-corrected chi connectivity index (χ2v) is 6.00. The van der Waals surface area contributed by atoms with E-state index in [1.165, 1.54) is 11.3 Å². The van der Waals surface area contributed by atoms with Crippen molar-refractivity contribution in [2.45, 2.75) is 25.7 Å². The average molecular weight is 267 g/mol. The van der Waals surface area contributed by atoms with Gasteiger partial charge in [-0.05, 0) is 35.6 Å². The standard InChI is InChI=1S/C18H21NO/c1-18(2)12-13-19(17-11-7-6-10-16(17)18)14-20-15-8-4-3-5-9-15/h3-11H,12-14H2,1-2H3. The second-order valence-electron chi connectivity index (χ2n) is 6.00. The van der Waals surface area contributed by atoms with Crippen molar-refractivity contribution in [2.24, 2.45) is 0 Å². The van der Waals surface area contributed by atoms with Crippen LogP contribution in [0.25, 0.3) is 0 Å². The molecular weight excluding hydrogens is 246 g/mol. The summed E-state index contributed by atoms with van der Waals surface area (Å²) in [4.78, 5) is 2.33. The fraction of sp³-hybridized carbons (Fsp3) is 0.333. The Kier molecular flexibility index (Phi) is 3.39. The van der Waals surface area contributed by atoms with E-state index in [0.717, 1.165) is 18.7 Å². The topological polar surface area (TPSA) is 12.5 Å². The summed E-state index contributed by atoms with van der Waals surface area (Å²) in [5.74, 6) is 0.926. The molecular formula is C18H21NO. The van der Waals surface area contributed by atoms with E-state index in [2.05, 4.69) is 43.0 Å². The molecule has 2 heteroatoms. The van der Waals surface area contributed by atoms with Crippen LogP contribution in [0.5, 0.6) is 5.75 Å². The smallest absolute Gasteiger partial charge is 0.161 e. The molecule has 0 bridgehead atoms. The number of anilines is 1. The van der Waals surface area contributed by atoms with Gasteiger partial charge in [0, 0.05) is 12.2 Å². The molecule has 0 spiro atoms.